The molecule has 0 unspecified atom stereocenters. The zero-order valence-electron chi connectivity index (χ0n) is 10.3. The van der Waals surface area contributed by atoms with Crippen LogP contribution in [0.15, 0.2) is 24.3 Å². The van der Waals surface area contributed by atoms with Gasteiger partial charge in [-0.25, -0.2) is 0 Å². The standard InChI is InChI=1S/C14H22N2O/c15-7-2-8-17-14-4-1-3-13(9-14)11-16-10-12-5-6-12/h1,3-4,9,12,16H,2,5-8,10-11,15H2. The van der Waals surface area contributed by atoms with Crippen molar-refractivity contribution in [3.63, 3.8) is 0 Å². The Balaban J connectivity index is 1.73. The number of hydrogen-bond donors (Lipinski definition) is 2. The molecule has 1 saturated carbocycles. The highest BCUT2D eigenvalue weighted by molar-refractivity contribution is 5.28. The van der Waals surface area contributed by atoms with Crippen molar-refractivity contribution >= 4 is 0 Å². The van der Waals surface area contributed by atoms with Crippen LogP contribution in [-0.4, -0.2) is 19.7 Å². The molecule has 1 aromatic carbocycles. The summed E-state index contributed by atoms with van der Waals surface area (Å²) in [4.78, 5) is 0. The molecule has 3 N–H and O–H groups in total. The van der Waals surface area contributed by atoms with Crippen molar-refractivity contribution in [1.29, 1.82) is 0 Å². The number of nitrogens with two attached hydrogens (primary N) is 1. The average molecular weight is 234 g/mol. The molecule has 0 amide bonds. The molecule has 17 heavy (non-hydrogen) atoms. The zero-order chi connectivity index (χ0) is 11.9. The minimum absolute atomic E-state index is 0.683. The lowest BCUT2D eigenvalue weighted by atomic mass is 10.2. The normalized spacial score (nSPS) is 14.9. The van der Waals surface area contributed by atoms with E-state index in [-0.39, 0.29) is 0 Å². The van der Waals surface area contributed by atoms with Crippen LogP contribution in [0.3, 0.4) is 0 Å². The van der Waals surface area contributed by atoms with Crippen molar-refractivity contribution < 1.29 is 4.74 Å². The maximum absolute atomic E-state index is 5.62. The molecular formula is C14H22N2O. The second-order valence-corrected chi connectivity index (χ2v) is 4.71. The van der Waals surface area contributed by atoms with Crippen LogP contribution >= 0.6 is 0 Å². The number of hydrogen-bond acceptors (Lipinski definition) is 3. The number of ether oxygens (including phenoxy) is 1. The second kappa shape index (κ2) is 6.62. The van der Waals surface area contributed by atoms with Crippen LogP contribution in [0, 0.1) is 5.92 Å². The molecule has 0 atom stereocenters. The minimum Gasteiger partial charge on any atom is -0.494 e. The van der Waals surface area contributed by atoms with Crippen LogP contribution in [0.25, 0.3) is 0 Å². The molecular weight excluding hydrogens is 212 g/mol. The Morgan fingerprint density at radius 2 is 2.24 bits per heavy atom. The summed E-state index contributed by atoms with van der Waals surface area (Å²) in [5, 5.41) is 3.48. The first-order chi connectivity index (χ1) is 8.38. The Kier molecular flexibility index (Phi) is 4.83. The third-order valence-electron chi connectivity index (χ3n) is 2.97. The molecule has 0 radical (unpaired) electrons. The van der Waals surface area contributed by atoms with Crippen molar-refractivity contribution in [1.82, 2.24) is 5.32 Å². The molecule has 1 aromatic rings. The molecule has 1 fully saturated rings. The van der Waals surface area contributed by atoms with Gasteiger partial charge in [0, 0.05) is 6.54 Å². The van der Waals surface area contributed by atoms with Crippen LogP contribution < -0.4 is 15.8 Å². The number of nitrogens with one attached hydrogen (secondary N) is 1. The van der Waals surface area contributed by atoms with Crippen molar-refractivity contribution in [2.45, 2.75) is 25.8 Å². The lowest BCUT2D eigenvalue weighted by Gasteiger charge is -2.08. The van der Waals surface area contributed by atoms with Crippen LogP contribution in [0.2, 0.25) is 0 Å². The molecule has 0 saturated heterocycles. The van der Waals surface area contributed by atoms with Crippen LogP contribution in [0.4, 0.5) is 0 Å². The van der Waals surface area contributed by atoms with E-state index in [9.17, 15) is 0 Å². The van der Waals surface area contributed by atoms with Crippen molar-refractivity contribution in [3.8, 4) is 5.75 Å². The molecule has 0 heterocycles. The largest absolute Gasteiger partial charge is 0.494 e. The monoisotopic (exact) mass is 234 g/mol. The van der Waals surface area contributed by atoms with Gasteiger partial charge >= 0.3 is 0 Å². The third-order valence-corrected chi connectivity index (χ3v) is 2.97. The quantitative estimate of drug-likeness (QED) is 0.676. The first-order valence-corrected chi connectivity index (χ1v) is 6.51. The van der Waals surface area contributed by atoms with E-state index in [1.165, 1.54) is 18.4 Å². The van der Waals surface area contributed by atoms with E-state index in [4.69, 9.17) is 10.5 Å². The summed E-state index contributed by atoms with van der Waals surface area (Å²) in [7, 11) is 0. The third kappa shape index (κ3) is 4.75. The topological polar surface area (TPSA) is 47.3 Å². The number of benzene rings is 1. The van der Waals surface area contributed by atoms with Gasteiger partial charge in [-0.05, 0) is 56.0 Å². The second-order valence-electron chi connectivity index (χ2n) is 4.71. The smallest absolute Gasteiger partial charge is 0.119 e. The van der Waals surface area contributed by atoms with Crippen LogP contribution in [-0.2, 0) is 6.54 Å². The first kappa shape index (κ1) is 12.4. The molecule has 3 heteroatoms. The fourth-order valence-corrected chi connectivity index (χ4v) is 1.76. The summed E-state index contributed by atoms with van der Waals surface area (Å²) < 4.78 is 5.62. The van der Waals surface area contributed by atoms with Crippen LogP contribution in [0.1, 0.15) is 24.8 Å². The number of rotatable bonds is 8. The Hall–Kier alpha value is -1.06. The van der Waals surface area contributed by atoms with E-state index in [1.807, 2.05) is 12.1 Å². The molecule has 94 valence electrons. The summed E-state index contributed by atoms with van der Waals surface area (Å²) in [6.07, 6.45) is 3.70. The predicted octanol–water partition coefficient (Wildman–Crippen LogP) is 1.91. The van der Waals surface area contributed by atoms with Gasteiger partial charge in [-0.15, -0.1) is 0 Å². The molecule has 2 rings (SSSR count). The van der Waals surface area contributed by atoms with E-state index in [0.717, 1.165) is 31.2 Å². The lowest BCUT2D eigenvalue weighted by Crippen LogP contribution is -2.16. The van der Waals surface area contributed by atoms with E-state index in [0.29, 0.717) is 13.2 Å². The summed E-state index contributed by atoms with van der Waals surface area (Å²) in [6.45, 7) is 3.47. The van der Waals surface area contributed by atoms with Gasteiger partial charge in [0.1, 0.15) is 5.75 Å². The molecule has 0 bridgehead atoms. The SMILES string of the molecule is NCCCOc1cccc(CNCC2CC2)c1. The molecule has 0 spiro atoms. The van der Waals surface area contributed by atoms with Gasteiger partial charge in [0.2, 0.25) is 0 Å². The Bertz CT molecular complexity index is 337. The van der Waals surface area contributed by atoms with Gasteiger partial charge in [-0.2, -0.15) is 0 Å². The summed E-state index contributed by atoms with van der Waals surface area (Å²) in [5.74, 6) is 1.88. The maximum Gasteiger partial charge on any atom is 0.119 e. The molecule has 1 aliphatic carbocycles. The van der Waals surface area contributed by atoms with Gasteiger partial charge < -0.3 is 15.8 Å². The van der Waals surface area contributed by atoms with E-state index in [2.05, 4.69) is 17.4 Å². The summed E-state index contributed by atoms with van der Waals surface area (Å²) >= 11 is 0. The van der Waals surface area contributed by atoms with Crippen molar-refractivity contribution in [2.24, 2.45) is 11.7 Å². The van der Waals surface area contributed by atoms with Gasteiger partial charge in [0.15, 0.2) is 0 Å². The average Bonchev–Trinajstić information content (AvgIpc) is 3.14. The lowest BCUT2D eigenvalue weighted by molar-refractivity contribution is 0.313. The fraction of sp³-hybridized carbons (Fsp3) is 0.571. The van der Waals surface area contributed by atoms with E-state index >= 15 is 0 Å². The molecule has 0 aromatic heterocycles. The highest BCUT2D eigenvalue weighted by Gasteiger charge is 2.19. The van der Waals surface area contributed by atoms with Crippen LogP contribution in [0.5, 0.6) is 5.75 Å². The molecule has 1 aliphatic rings. The van der Waals surface area contributed by atoms with E-state index in [1.54, 1.807) is 0 Å². The molecule has 3 nitrogen and oxygen atoms in total. The summed E-state index contributed by atoms with van der Waals surface area (Å²) in [5.41, 5.74) is 6.72. The maximum atomic E-state index is 5.62. The van der Waals surface area contributed by atoms with Gasteiger partial charge in [-0.1, -0.05) is 12.1 Å². The summed E-state index contributed by atoms with van der Waals surface area (Å²) in [6, 6.07) is 8.29. The Morgan fingerprint density at radius 1 is 1.35 bits per heavy atom. The Morgan fingerprint density at radius 3 is 3.00 bits per heavy atom. The van der Waals surface area contributed by atoms with Crippen molar-refractivity contribution in [2.75, 3.05) is 19.7 Å². The predicted molar refractivity (Wildman–Crippen MR) is 70.0 cm³/mol. The minimum atomic E-state index is 0.683. The Labute approximate surface area is 103 Å². The highest BCUT2D eigenvalue weighted by Crippen LogP contribution is 2.27. The highest BCUT2D eigenvalue weighted by atomic mass is 16.5. The first-order valence-electron chi connectivity index (χ1n) is 6.51. The van der Waals surface area contributed by atoms with Gasteiger partial charge in [0.05, 0.1) is 6.61 Å². The van der Waals surface area contributed by atoms with Crippen molar-refractivity contribution in [3.05, 3.63) is 29.8 Å². The van der Waals surface area contributed by atoms with E-state index < -0.39 is 0 Å². The zero-order valence-corrected chi connectivity index (χ0v) is 10.3. The van der Waals surface area contributed by atoms with Gasteiger partial charge in [0.25, 0.3) is 0 Å². The van der Waals surface area contributed by atoms with Gasteiger partial charge in [-0.3, -0.25) is 0 Å². The molecule has 0 aliphatic heterocycles. The fourth-order valence-electron chi connectivity index (χ4n) is 1.76.